The zero-order valence-corrected chi connectivity index (χ0v) is 13.8. The number of hydrogen-bond acceptors (Lipinski definition) is 4. The van der Waals surface area contributed by atoms with Crippen molar-refractivity contribution in [1.29, 1.82) is 0 Å². The maximum absolute atomic E-state index is 13.0. The second kappa shape index (κ2) is 7.49. The molecule has 6 nitrogen and oxygen atoms in total. The molecule has 2 amide bonds. The molecule has 128 valence electrons. The molecule has 1 unspecified atom stereocenters. The summed E-state index contributed by atoms with van der Waals surface area (Å²) in [4.78, 5) is 28.2. The first-order chi connectivity index (χ1) is 11.7. The van der Waals surface area contributed by atoms with Gasteiger partial charge in [0.2, 0.25) is 0 Å². The van der Waals surface area contributed by atoms with Crippen molar-refractivity contribution in [3.63, 3.8) is 0 Å². The SMILES string of the molecule is CCOC(=O)/C=C/C1Cc2ccccc2N1C(=O)N1CCOCC1. The molecule has 0 saturated carbocycles. The van der Waals surface area contributed by atoms with Crippen molar-refractivity contribution in [2.24, 2.45) is 0 Å². The number of ether oxygens (including phenoxy) is 2. The number of rotatable bonds is 3. The molecule has 0 spiro atoms. The number of carbonyl (C=O) groups excluding carboxylic acids is 2. The fraction of sp³-hybridized carbons (Fsp3) is 0.444. The van der Waals surface area contributed by atoms with Gasteiger partial charge in [-0.05, 0) is 25.0 Å². The van der Waals surface area contributed by atoms with Crippen LogP contribution >= 0.6 is 0 Å². The molecule has 1 aromatic carbocycles. The number of morpholine rings is 1. The van der Waals surface area contributed by atoms with Gasteiger partial charge < -0.3 is 14.4 Å². The molecule has 2 aliphatic heterocycles. The maximum atomic E-state index is 13.0. The second-order valence-electron chi connectivity index (χ2n) is 5.76. The number of nitrogens with zero attached hydrogens (tertiary/aromatic N) is 2. The highest BCUT2D eigenvalue weighted by atomic mass is 16.5. The molecule has 1 atom stereocenters. The Kier molecular flexibility index (Phi) is 5.15. The normalized spacial score (nSPS) is 20.3. The van der Waals surface area contributed by atoms with E-state index in [1.807, 2.05) is 24.3 Å². The van der Waals surface area contributed by atoms with Crippen LogP contribution in [-0.4, -0.2) is 55.9 Å². The van der Waals surface area contributed by atoms with Gasteiger partial charge >= 0.3 is 12.0 Å². The average Bonchev–Trinajstić information content (AvgIpc) is 2.99. The minimum absolute atomic E-state index is 0.0400. The first-order valence-electron chi connectivity index (χ1n) is 8.29. The topological polar surface area (TPSA) is 59.1 Å². The first kappa shape index (κ1) is 16.5. The lowest BCUT2D eigenvalue weighted by Crippen LogP contribution is -2.50. The van der Waals surface area contributed by atoms with E-state index in [1.54, 1.807) is 22.8 Å². The summed E-state index contributed by atoms with van der Waals surface area (Å²) in [5.74, 6) is -0.382. The van der Waals surface area contributed by atoms with Gasteiger partial charge in [0.15, 0.2) is 0 Å². The number of urea groups is 1. The summed E-state index contributed by atoms with van der Waals surface area (Å²) in [7, 11) is 0. The lowest BCUT2D eigenvalue weighted by molar-refractivity contribution is -0.137. The van der Waals surface area contributed by atoms with Crippen LogP contribution < -0.4 is 4.90 Å². The average molecular weight is 330 g/mol. The Morgan fingerprint density at radius 3 is 2.79 bits per heavy atom. The Bertz CT molecular complexity index is 638. The number of amides is 2. The van der Waals surface area contributed by atoms with Crippen LogP contribution in [0.4, 0.5) is 10.5 Å². The van der Waals surface area contributed by atoms with E-state index in [4.69, 9.17) is 9.47 Å². The highest BCUT2D eigenvalue weighted by molar-refractivity contribution is 5.96. The second-order valence-corrected chi connectivity index (χ2v) is 5.76. The van der Waals surface area contributed by atoms with Crippen LogP contribution in [0, 0.1) is 0 Å². The number of fused-ring (bicyclic) bond motifs is 1. The van der Waals surface area contributed by atoms with Crippen LogP contribution in [0.1, 0.15) is 12.5 Å². The van der Waals surface area contributed by atoms with Crippen molar-refractivity contribution in [3.05, 3.63) is 42.0 Å². The summed E-state index contributed by atoms with van der Waals surface area (Å²) in [6.07, 6.45) is 3.87. The van der Waals surface area contributed by atoms with Crippen molar-refractivity contribution < 1.29 is 19.1 Å². The molecular formula is C18H22N2O4. The van der Waals surface area contributed by atoms with Crippen LogP contribution in [0.2, 0.25) is 0 Å². The maximum Gasteiger partial charge on any atom is 0.330 e. The molecular weight excluding hydrogens is 308 g/mol. The lowest BCUT2D eigenvalue weighted by Gasteiger charge is -2.33. The highest BCUT2D eigenvalue weighted by Crippen LogP contribution is 2.33. The predicted octanol–water partition coefficient (Wildman–Crippen LogP) is 1.99. The Balaban J connectivity index is 1.82. The molecule has 1 aromatic rings. The fourth-order valence-electron chi connectivity index (χ4n) is 3.10. The summed E-state index contributed by atoms with van der Waals surface area (Å²) in [5.41, 5.74) is 2.02. The Hall–Kier alpha value is -2.34. The minimum Gasteiger partial charge on any atom is -0.463 e. The molecule has 3 rings (SSSR count). The third kappa shape index (κ3) is 3.43. The molecule has 0 aliphatic carbocycles. The molecule has 1 saturated heterocycles. The molecule has 24 heavy (non-hydrogen) atoms. The number of benzene rings is 1. The monoisotopic (exact) mass is 330 g/mol. The summed E-state index contributed by atoms with van der Waals surface area (Å²) in [6, 6.07) is 7.65. The van der Waals surface area contributed by atoms with E-state index in [-0.39, 0.29) is 18.0 Å². The van der Waals surface area contributed by atoms with Crippen molar-refractivity contribution in [1.82, 2.24) is 4.90 Å². The summed E-state index contributed by atoms with van der Waals surface area (Å²) < 4.78 is 10.3. The standard InChI is InChI=1S/C18H22N2O4/c1-2-24-17(21)8-7-15-13-14-5-3-4-6-16(14)20(15)18(22)19-9-11-23-12-10-19/h3-8,15H,2,9-13H2,1H3/b8-7+. The van der Waals surface area contributed by atoms with E-state index >= 15 is 0 Å². The van der Waals surface area contributed by atoms with Crippen LogP contribution in [0.3, 0.4) is 0 Å². The molecule has 0 radical (unpaired) electrons. The zero-order valence-electron chi connectivity index (χ0n) is 13.8. The highest BCUT2D eigenvalue weighted by Gasteiger charge is 2.35. The van der Waals surface area contributed by atoms with E-state index in [1.165, 1.54) is 6.08 Å². The van der Waals surface area contributed by atoms with E-state index in [0.717, 1.165) is 11.3 Å². The largest absolute Gasteiger partial charge is 0.463 e. The van der Waals surface area contributed by atoms with Gasteiger partial charge in [0.1, 0.15) is 0 Å². The van der Waals surface area contributed by atoms with Gasteiger partial charge in [-0.15, -0.1) is 0 Å². The number of carbonyl (C=O) groups is 2. The summed E-state index contributed by atoms with van der Waals surface area (Å²) in [6.45, 7) is 4.41. The number of para-hydroxylation sites is 1. The first-order valence-corrected chi connectivity index (χ1v) is 8.29. The van der Waals surface area contributed by atoms with Gasteiger partial charge in [0, 0.05) is 24.9 Å². The quantitative estimate of drug-likeness (QED) is 0.628. The van der Waals surface area contributed by atoms with Gasteiger partial charge in [-0.3, -0.25) is 4.90 Å². The molecule has 2 aliphatic rings. The van der Waals surface area contributed by atoms with Crippen LogP contribution in [0.5, 0.6) is 0 Å². The third-order valence-electron chi connectivity index (χ3n) is 4.24. The van der Waals surface area contributed by atoms with E-state index in [2.05, 4.69) is 0 Å². The Labute approximate surface area is 141 Å². The van der Waals surface area contributed by atoms with Gasteiger partial charge in [0.05, 0.1) is 25.9 Å². The molecule has 0 bridgehead atoms. The minimum atomic E-state index is -0.382. The summed E-state index contributed by atoms with van der Waals surface area (Å²) >= 11 is 0. The predicted molar refractivity (Wildman–Crippen MR) is 90.0 cm³/mol. The molecule has 1 fully saturated rings. The van der Waals surface area contributed by atoms with Crippen molar-refractivity contribution >= 4 is 17.7 Å². The molecule has 0 aromatic heterocycles. The number of hydrogen-bond donors (Lipinski definition) is 0. The summed E-state index contributed by atoms with van der Waals surface area (Å²) in [5, 5.41) is 0. The molecule has 6 heteroatoms. The number of anilines is 1. The van der Waals surface area contributed by atoms with Crippen molar-refractivity contribution in [2.75, 3.05) is 37.8 Å². The zero-order chi connectivity index (χ0) is 16.9. The van der Waals surface area contributed by atoms with Crippen molar-refractivity contribution in [2.45, 2.75) is 19.4 Å². The Morgan fingerprint density at radius 2 is 2.04 bits per heavy atom. The van der Waals surface area contributed by atoms with Crippen LogP contribution in [-0.2, 0) is 20.7 Å². The van der Waals surface area contributed by atoms with E-state index in [9.17, 15) is 9.59 Å². The van der Waals surface area contributed by atoms with Gasteiger partial charge in [0.25, 0.3) is 0 Å². The molecule has 2 heterocycles. The molecule has 0 N–H and O–H groups in total. The van der Waals surface area contributed by atoms with Gasteiger partial charge in [-0.1, -0.05) is 24.3 Å². The smallest absolute Gasteiger partial charge is 0.330 e. The Morgan fingerprint density at radius 1 is 1.29 bits per heavy atom. The van der Waals surface area contributed by atoms with Gasteiger partial charge in [-0.25, -0.2) is 9.59 Å². The lowest BCUT2D eigenvalue weighted by atomic mass is 10.1. The fourth-order valence-corrected chi connectivity index (χ4v) is 3.10. The van der Waals surface area contributed by atoms with Crippen LogP contribution in [0.15, 0.2) is 36.4 Å². The van der Waals surface area contributed by atoms with Crippen molar-refractivity contribution in [3.8, 4) is 0 Å². The third-order valence-corrected chi connectivity index (χ3v) is 4.24. The van der Waals surface area contributed by atoms with Crippen LogP contribution in [0.25, 0.3) is 0 Å². The number of esters is 1. The van der Waals surface area contributed by atoms with E-state index in [0.29, 0.717) is 39.3 Å². The van der Waals surface area contributed by atoms with Gasteiger partial charge in [-0.2, -0.15) is 0 Å². The van der Waals surface area contributed by atoms with E-state index < -0.39 is 0 Å².